The molecule has 0 aliphatic rings. The molecular weight excluding hydrogens is 320 g/mol. The highest BCUT2D eigenvalue weighted by molar-refractivity contribution is 7.88. The number of hydrogen-bond acceptors (Lipinski definition) is 3. The zero-order valence-corrected chi connectivity index (χ0v) is 15.4. The number of nitrogens with zero attached hydrogens (tertiary/aromatic N) is 1. The number of nitrogens with one attached hydrogen (secondary N) is 1. The first kappa shape index (κ1) is 18.6. The summed E-state index contributed by atoms with van der Waals surface area (Å²) in [5, 5.41) is 3.35. The lowest BCUT2D eigenvalue weighted by Gasteiger charge is -2.17. The fraction of sp³-hybridized carbons (Fsp3) is 0.368. The van der Waals surface area contributed by atoms with Crippen molar-refractivity contribution in [1.29, 1.82) is 0 Å². The second kappa shape index (κ2) is 8.42. The van der Waals surface area contributed by atoms with Crippen molar-refractivity contribution in [3.8, 4) is 0 Å². The van der Waals surface area contributed by atoms with Gasteiger partial charge in [-0.3, -0.25) is 0 Å². The molecule has 0 spiro atoms. The predicted molar refractivity (Wildman–Crippen MR) is 99.0 cm³/mol. The van der Waals surface area contributed by atoms with Gasteiger partial charge in [0, 0.05) is 26.2 Å². The van der Waals surface area contributed by atoms with Crippen LogP contribution in [0.5, 0.6) is 0 Å². The summed E-state index contributed by atoms with van der Waals surface area (Å²) < 4.78 is 26.4. The van der Waals surface area contributed by atoms with Gasteiger partial charge in [0.25, 0.3) is 0 Å². The van der Waals surface area contributed by atoms with Crippen LogP contribution in [-0.4, -0.2) is 25.8 Å². The maximum Gasteiger partial charge on any atom is 0.218 e. The van der Waals surface area contributed by atoms with E-state index in [2.05, 4.69) is 19.2 Å². The molecule has 2 aromatic rings. The minimum Gasteiger partial charge on any atom is -0.310 e. The van der Waals surface area contributed by atoms with Crippen LogP contribution >= 0.6 is 0 Å². The molecule has 0 unspecified atom stereocenters. The monoisotopic (exact) mass is 346 g/mol. The topological polar surface area (TPSA) is 49.4 Å². The fourth-order valence-electron chi connectivity index (χ4n) is 2.34. The van der Waals surface area contributed by atoms with Crippen LogP contribution in [0.1, 0.15) is 30.5 Å². The lowest BCUT2D eigenvalue weighted by Crippen LogP contribution is -2.27. The van der Waals surface area contributed by atoms with E-state index in [1.807, 2.05) is 54.6 Å². The highest BCUT2D eigenvalue weighted by Crippen LogP contribution is 2.14. The lowest BCUT2D eigenvalue weighted by molar-refractivity contribution is 0.466. The molecular formula is C19H26N2O2S. The summed E-state index contributed by atoms with van der Waals surface area (Å²) in [6.45, 7) is 5.38. The first-order chi connectivity index (χ1) is 11.4. The Hall–Kier alpha value is -1.69. The van der Waals surface area contributed by atoms with Gasteiger partial charge in [0.1, 0.15) is 0 Å². The average molecular weight is 346 g/mol. The maximum atomic E-state index is 12.5. The van der Waals surface area contributed by atoms with Crippen LogP contribution in [0.15, 0.2) is 54.6 Å². The van der Waals surface area contributed by atoms with Gasteiger partial charge in [0.2, 0.25) is 10.0 Å². The summed E-state index contributed by atoms with van der Waals surface area (Å²) in [5.74, 6) is 0.0220. The Labute approximate surface area is 145 Å². The zero-order chi connectivity index (χ0) is 17.6. The van der Waals surface area contributed by atoms with Gasteiger partial charge in [-0.05, 0) is 16.7 Å². The van der Waals surface area contributed by atoms with Crippen molar-refractivity contribution in [1.82, 2.24) is 9.62 Å². The Kier molecular flexibility index (Phi) is 6.54. The lowest BCUT2D eigenvalue weighted by atomic mass is 10.1. The van der Waals surface area contributed by atoms with Crippen molar-refractivity contribution in [3.05, 3.63) is 71.3 Å². The molecule has 0 fully saturated rings. The van der Waals surface area contributed by atoms with Gasteiger partial charge in [-0.15, -0.1) is 0 Å². The second-order valence-electron chi connectivity index (χ2n) is 6.35. The summed E-state index contributed by atoms with van der Waals surface area (Å²) in [6.07, 6.45) is 0. The van der Waals surface area contributed by atoms with Crippen LogP contribution in [0, 0.1) is 0 Å². The smallest absolute Gasteiger partial charge is 0.218 e. The molecule has 2 aromatic carbocycles. The van der Waals surface area contributed by atoms with E-state index in [-0.39, 0.29) is 5.75 Å². The van der Waals surface area contributed by atoms with Crippen LogP contribution in [0.4, 0.5) is 0 Å². The van der Waals surface area contributed by atoms with Crippen molar-refractivity contribution in [2.75, 3.05) is 7.05 Å². The number of rotatable bonds is 8. The Balaban J connectivity index is 1.98. The summed E-state index contributed by atoms with van der Waals surface area (Å²) >= 11 is 0. The number of benzene rings is 2. The van der Waals surface area contributed by atoms with E-state index in [1.54, 1.807) is 7.05 Å². The number of hydrogen-bond donors (Lipinski definition) is 1. The van der Waals surface area contributed by atoms with Gasteiger partial charge in [0.05, 0.1) is 5.75 Å². The van der Waals surface area contributed by atoms with Crippen LogP contribution < -0.4 is 5.32 Å². The van der Waals surface area contributed by atoms with E-state index in [1.165, 1.54) is 4.31 Å². The van der Waals surface area contributed by atoms with Gasteiger partial charge in [-0.2, -0.15) is 0 Å². The molecule has 0 atom stereocenters. The zero-order valence-electron chi connectivity index (χ0n) is 14.6. The van der Waals surface area contributed by atoms with Gasteiger partial charge >= 0.3 is 0 Å². The normalized spacial score (nSPS) is 12.0. The molecule has 0 saturated carbocycles. The fourth-order valence-corrected chi connectivity index (χ4v) is 3.51. The van der Waals surface area contributed by atoms with Gasteiger partial charge in [-0.1, -0.05) is 68.4 Å². The molecule has 0 aliphatic heterocycles. The van der Waals surface area contributed by atoms with Crippen molar-refractivity contribution >= 4 is 10.0 Å². The summed E-state index contributed by atoms with van der Waals surface area (Å²) in [6, 6.07) is 17.8. The number of sulfonamides is 1. The molecule has 24 heavy (non-hydrogen) atoms. The minimum atomic E-state index is -3.33. The third kappa shape index (κ3) is 5.74. The molecule has 0 saturated heterocycles. The van der Waals surface area contributed by atoms with Crippen molar-refractivity contribution in [2.24, 2.45) is 0 Å². The molecule has 0 bridgehead atoms. The maximum absolute atomic E-state index is 12.5. The Morgan fingerprint density at radius 1 is 0.917 bits per heavy atom. The standard InChI is InChI=1S/C19H26N2O2S/c1-16(2)20-13-17-9-11-19(12-10-17)15-24(22,23)21(3)14-18-7-5-4-6-8-18/h4-12,16,20H,13-15H2,1-3H3. The SMILES string of the molecule is CC(C)NCc1ccc(CS(=O)(=O)N(C)Cc2ccccc2)cc1. The van der Waals surface area contributed by atoms with Gasteiger partial charge in [-0.25, -0.2) is 12.7 Å². The van der Waals surface area contributed by atoms with E-state index in [4.69, 9.17) is 0 Å². The molecule has 5 heteroatoms. The third-order valence-corrected chi connectivity index (χ3v) is 5.59. The minimum absolute atomic E-state index is 0.0220. The Bertz CT molecular complexity index is 726. The first-order valence-electron chi connectivity index (χ1n) is 8.16. The van der Waals surface area contributed by atoms with Crippen molar-refractivity contribution in [2.45, 2.75) is 38.7 Å². The van der Waals surface area contributed by atoms with Gasteiger partial charge in [0.15, 0.2) is 0 Å². The third-order valence-electron chi connectivity index (χ3n) is 3.81. The highest BCUT2D eigenvalue weighted by Gasteiger charge is 2.18. The average Bonchev–Trinajstić information content (AvgIpc) is 2.54. The Morgan fingerprint density at radius 3 is 2.08 bits per heavy atom. The van der Waals surface area contributed by atoms with E-state index in [0.29, 0.717) is 12.6 Å². The van der Waals surface area contributed by atoms with E-state index in [9.17, 15) is 8.42 Å². The van der Waals surface area contributed by atoms with E-state index in [0.717, 1.165) is 23.2 Å². The summed E-state index contributed by atoms with van der Waals surface area (Å²) in [4.78, 5) is 0. The van der Waals surface area contributed by atoms with Crippen LogP contribution in [-0.2, 0) is 28.9 Å². The molecule has 2 rings (SSSR count). The van der Waals surface area contributed by atoms with Crippen molar-refractivity contribution < 1.29 is 8.42 Å². The second-order valence-corrected chi connectivity index (χ2v) is 8.43. The molecule has 130 valence electrons. The van der Waals surface area contributed by atoms with Crippen LogP contribution in [0.3, 0.4) is 0 Å². The van der Waals surface area contributed by atoms with E-state index >= 15 is 0 Å². The molecule has 0 aliphatic carbocycles. The van der Waals surface area contributed by atoms with Gasteiger partial charge < -0.3 is 5.32 Å². The molecule has 0 radical (unpaired) electrons. The Morgan fingerprint density at radius 2 is 1.50 bits per heavy atom. The molecule has 0 amide bonds. The van der Waals surface area contributed by atoms with Crippen molar-refractivity contribution in [3.63, 3.8) is 0 Å². The first-order valence-corrected chi connectivity index (χ1v) is 9.77. The van der Waals surface area contributed by atoms with E-state index < -0.39 is 10.0 Å². The summed E-state index contributed by atoms with van der Waals surface area (Å²) in [5.41, 5.74) is 2.95. The highest BCUT2D eigenvalue weighted by atomic mass is 32.2. The van der Waals surface area contributed by atoms with Crippen LogP contribution in [0.2, 0.25) is 0 Å². The predicted octanol–water partition coefficient (Wildman–Crippen LogP) is 3.15. The summed E-state index contributed by atoms with van der Waals surface area (Å²) in [7, 11) is -1.70. The molecule has 0 aromatic heterocycles. The largest absolute Gasteiger partial charge is 0.310 e. The van der Waals surface area contributed by atoms with Crippen LogP contribution in [0.25, 0.3) is 0 Å². The molecule has 0 heterocycles. The quantitative estimate of drug-likeness (QED) is 0.799. The molecule has 1 N–H and O–H groups in total. The molecule has 4 nitrogen and oxygen atoms in total.